The van der Waals surface area contributed by atoms with Crippen LogP contribution in [0, 0.1) is 18.3 Å². The minimum absolute atomic E-state index is 0.0251. The van der Waals surface area contributed by atoms with Crippen LogP contribution in [0.1, 0.15) is 11.1 Å². The Hall–Kier alpha value is -2.07. The van der Waals surface area contributed by atoms with Crippen LogP contribution >= 0.6 is 43.5 Å². The zero-order valence-corrected chi connectivity index (χ0v) is 18.3. The van der Waals surface area contributed by atoms with Crippen molar-refractivity contribution in [2.24, 2.45) is 0 Å². The van der Waals surface area contributed by atoms with Crippen molar-refractivity contribution in [3.05, 3.63) is 73.7 Å². The summed E-state index contributed by atoms with van der Waals surface area (Å²) in [6.07, 6.45) is 3.15. The number of ether oxygens (including phenoxy) is 1. The summed E-state index contributed by atoms with van der Waals surface area (Å²) in [4.78, 5) is 12.5. The number of amides is 1. The molecule has 4 nitrogen and oxygen atoms in total. The van der Waals surface area contributed by atoms with E-state index in [9.17, 15) is 10.1 Å². The van der Waals surface area contributed by atoms with E-state index >= 15 is 0 Å². The van der Waals surface area contributed by atoms with Gasteiger partial charge in [-0.2, -0.15) is 5.26 Å². The maximum Gasteiger partial charge on any atom is 0.266 e. The average Bonchev–Trinajstić information content (AvgIpc) is 2.61. The first-order valence-corrected chi connectivity index (χ1v) is 9.74. The van der Waals surface area contributed by atoms with Crippen LogP contribution in [0.25, 0.3) is 6.08 Å². The molecule has 0 atom stereocenters. The Bertz CT molecular complexity index is 942. The normalized spacial score (nSPS) is 10.9. The van der Waals surface area contributed by atoms with Crippen molar-refractivity contribution < 1.29 is 9.53 Å². The summed E-state index contributed by atoms with van der Waals surface area (Å²) in [6.45, 7) is 5.80. The molecule has 0 aliphatic carbocycles. The molecule has 2 aromatic rings. The number of nitrogens with one attached hydrogen (secondary N) is 1. The first-order valence-electron chi connectivity index (χ1n) is 7.77. The molecule has 1 N–H and O–H groups in total. The molecule has 0 aliphatic heterocycles. The summed E-state index contributed by atoms with van der Waals surface area (Å²) < 4.78 is 6.95. The predicted octanol–water partition coefficient (Wildman–Crippen LogP) is 6.28. The number of hydrogen-bond donors (Lipinski definition) is 1. The predicted molar refractivity (Wildman–Crippen MR) is 116 cm³/mol. The van der Waals surface area contributed by atoms with E-state index in [2.05, 4.69) is 43.8 Å². The Morgan fingerprint density at radius 3 is 2.56 bits per heavy atom. The van der Waals surface area contributed by atoms with E-state index in [0.717, 1.165) is 5.56 Å². The number of carbonyl (C=O) groups is 1. The Labute approximate surface area is 179 Å². The number of halogens is 3. The molecule has 138 valence electrons. The maximum absolute atomic E-state index is 12.5. The third kappa shape index (κ3) is 5.70. The molecule has 1 amide bonds. The molecule has 0 heterocycles. The molecule has 0 aliphatic rings. The number of anilines is 1. The van der Waals surface area contributed by atoms with Crippen LogP contribution in [0.2, 0.25) is 5.02 Å². The van der Waals surface area contributed by atoms with Crippen molar-refractivity contribution in [3.63, 3.8) is 0 Å². The smallest absolute Gasteiger partial charge is 0.266 e. The van der Waals surface area contributed by atoms with Crippen molar-refractivity contribution in [3.8, 4) is 11.8 Å². The summed E-state index contributed by atoms with van der Waals surface area (Å²) >= 11 is 12.8. The van der Waals surface area contributed by atoms with Gasteiger partial charge in [0.05, 0.1) is 8.95 Å². The number of rotatable bonds is 6. The fraction of sp³-hybridized carbons (Fsp3) is 0.100. The van der Waals surface area contributed by atoms with Gasteiger partial charge < -0.3 is 10.1 Å². The molecule has 0 bridgehead atoms. The topological polar surface area (TPSA) is 62.1 Å². The SMILES string of the molecule is C=CCOc1c(Br)cc(/C=C(\C#N)C(=O)Nc2ccc(Cl)cc2C)cc1Br. The van der Waals surface area contributed by atoms with Crippen LogP contribution in [-0.2, 0) is 4.79 Å². The molecule has 0 saturated carbocycles. The van der Waals surface area contributed by atoms with Gasteiger partial charge in [-0.25, -0.2) is 0 Å². The highest BCUT2D eigenvalue weighted by molar-refractivity contribution is 9.11. The fourth-order valence-corrected chi connectivity index (χ4v) is 3.89. The average molecular weight is 511 g/mol. The van der Waals surface area contributed by atoms with Crippen LogP contribution in [-0.4, -0.2) is 12.5 Å². The lowest BCUT2D eigenvalue weighted by Gasteiger charge is -2.10. The van der Waals surface area contributed by atoms with E-state index in [4.69, 9.17) is 16.3 Å². The minimum atomic E-state index is -0.498. The molecule has 2 rings (SSSR count). The van der Waals surface area contributed by atoms with E-state index in [1.54, 1.807) is 36.4 Å². The lowest BCUT2D eigenvalue weighted by Crippen LogP contribution is -2.14. The standard InChI is InChI=1S/C20H15Br2ClN2O2/c1-3-6-27-19-16(21)9-13(10-17(19)22)8-14(11-24)20(26)25-18-5-4-15(23)7-12(18)2/h3-5,7-10H,1,6H2,2H3,(H,25,26)/b14-8+. The van der Waals surface area contributed by atoms with Gasteiger partial charge in [0.1, 0.15) is 24.0 Å². The second-order valence-corrected chi connectivity index (χ2v) is 7.64. The summed E-state index contributed by atoms with van der Waals surface area (Å²) in [5, 5.41) is 12.7. The largest absolute Gasteiger partial charge is 0.487 e. The number of nitriles is 1. The lowest BCUT2D eigenvalue weighted by molar-refractivity contribution is -0.112. The summed E-state index contributed by atoms with van der Waals surface area (Å²) in [7, 11) is 0. The van der Waals surface area contributed by atoms with Gasteiger partial charge in [-0.15, -0.1) is 0 Å². The van der Waals surface area contributed by atoms with Gasteiger partial charge in [0.2, 0.25) is 0 Å². The van der Waals surface area contributed by atoms with Crippen molar-refractivity contribution >= 4 is 61.1 Å². The monoisotopic (exact) mass is 508 g/mol. The zero-order valence-electron chi connectivity index (χ0n) is 14.4. The molecule has 27 heavy (non-hydrogen) atoms. The molecule has 0 aromatic heterocycles. The van der Waals surface area contributed by atoms with E-state index in [0.29, 0.717) is 37.6 Å². The van der Waals surface area contributed by atoms with Crippen LogP contribution in [0.4, 0.5) is 5.69 Å². The van der Waals surface area contributed by atoms with Crippen LogP contribution in [0.3, 0.4) is 0 Å². The van der Waals surface area contributed by atoms with E-state index in [-0.39, 0.29) is 5.57 Å². The molecule has 0 fully saturated rings. The highest BCUT2D eigenvalue weighted by Crippen LogP contribution is 2.35. The number of benzene rings is 2. The van der Waals surface area contributed by atoms with Gasteiger partial charge >= 0.3 is 0 Å². The van der Waals surface area contributed by atoms with Gasteiger partial charge in [-0.3, -0.25) is 4.79 Å². The van der Waals surface area contributed by atoms with E-state index < -0.39 is 5.91 Å². The van der Waals surface area contributed by atoms with E-state index in [1.807, 2.05) is 13.0 Å². The number of aryl methyl sites for hydroxylation is 1. The molecule has 2 aromatic carbocycles. The lowest BCUT2D eigenvalue weighted by atomic mass is 10.1. The molecular formula is C20H15Br2ClN2O2. The summed E-state index contributed by atoms with van der Waals surface area (Å²) in [6, 6.07) is 10.6. The Balaban J connectivity index is 2.28. The third-order valence-electron chi connectivity index (χ3n) is 3.48. The van der Waals surface area contributed by atoms with Gasteiger partial charge in [0.15, 0.2) is 0 Å². The summed E-state index contributed by atoms with van der Waals surface area (Å²) in [5.41, 5.74) is 2.05. The highest BCUT2D eigenvalue weighted by Gasteiger charge is 2.13. The van der Waals surface area contributed by atoms with Crippen LogP contribution in [0.5, 0.6) is 5.75 Å². The Kier molecular flexibility index (Phi) is 7.66. The van der Waals surface area contributed by atoms with E-state index in [1.165, 1.54) is 6.08 Å². The quantitative estimate of drug-likeness (QED) is 0.283. The number of hydrogen-bond acceptors (Lipinski definition) is 3. The van der Waals surface area contributed by atoms with Crippen LogP contribution < -0.4 is 10.1 Å². The zero-order chi connectivity index (χ0) is 20.0. The van der Waals surface area contributed by atoms with Gasteiger partial charge in [-0.1, -0.05) is 24.3 Å². The molecule has 0 saturated heterocycles. The first-order chi connectivity index (χ1) is 12.8. The Morgan fingerprint density at radius 2 is 2.00 bits per heavy atom. The van der Waals surface area contributed by atoms with Crippen molar-refractivity contribution in [1.82, 2.24) is 0 Å². The fourth-order valence-electron chi connectivity index (χ4n) is 2.22. The molecule has 0 spiro atoms. The molecule has 0 unspecified atom stereocenters. The van der Waals surface area contributed by atoms with Gasteiger partial charge in [-0.05, 0) is 86.3 Å². The second kappa shape index (κ2) is 9.75. The molecule has 0 radical (unpaired) electrons. The van der Waals surface area contributed by atoms with Crippen LogP contribution in [0.15, 0.2) is 57.5 Å². The van der Waals surface area contributed by atoms with Gasteiger partial charge in [0, 0.05) is 10.7 Å². The Morgan fingerprint density at radius 1 is 1.33 bits per heavy atom. The summed E-state index contributed by atoms with van der Waals surface area (Å²) in [5.74, 6) is 0.119. The van der Waals surface area contributed by atoms with Crippen molar-refractivity contribution in [1.29, 1.82) is 5.26 Å². The first kappa shape index (κ1) is 21.2. The molecule has 7 heteroatoms. The minimum Gasteiger partial charge on any atom is -0.487 e. The third-order valence-corrected chi connectivity index (χ3v) is 4.89. The van der Waals surface area contributed by atoms with Crippen molar-refractivity contribution in [2.75, 3.05) is 11.9 Å². The highest BCUT2D eigenvalue weighted by atomic mass is 79.9. The molecular weight excluding hydrogens is 495 g/mol. The number of carbonyl (C=O) groups excluding carboxylic acids is 1. The number of nitrogens with zero attached hydrogens (tertiary/aromatic N) is 1. The van der Waals surface area contributed by atoms with Crippen molar-refractivity contribution in [2.45, 2.75) is 6.92 Å². The van der Waals surface area contributed by atoms with Gasteiger partial charge in [0.25, 0.3) is 5.91 Å². The second-order valence-electron chi connectivity index (χ2n) is 5.50. The maximum atomic E-state index is 12.5.